The van der Waals surface area contributed by atoms with Gasteiger partial charge >= 0.3 is 0 Å². The molecule has 0 unspecified atom stereocenters. The molecular formula is C16H25NO2. The minimum Gasteiger partial charge on any atom is -0.493 e. The Morgan fingerprint density at radius 1 is 1.16 bits per heavy atom. The first-order valence-electron chi connectivity index (χ1n) is 7.28. The molecule has 0 amide bonds. The Kier molecular flexibility index (Phi) is 5.67. The summed E-state index contributed by atoms with van der Waals surface area (Å²) in [6.07, 6.45) is 3.68. The Bertz CT molecular complexity index is 386. The van der Waals surface area contributed by atoms with Crippen LogP contribution in [0.1, 0.15) is 30.4 Å². The van der Waals surface area contributed by atoms with Crippen LogP contribution in [0.3, 0.4) is 0 Å². The highest BCUT2D eigenvalue weighted by molar-refractivity contribution is 5.38. The molecule has 19 heavy (non-hydrogen) atoms. The lowest BCUT2D eigenvalue weighted by molar-refractivity contribution is 0.0268. The first kappa shape index (κ1) is 14.4. The maximum Gasteiger partial charge on any atom is 0.122 e. The van der Waals surface area contributed by atoms with E-state index in [0.29, 0.717) is 6.10 Å². The van der Waals surface area contributed by atoms with Crippen molar-refractivity contribution in [1.82, 2.24) is 5.32 Å². The van der Waals surface area contributed by atoms with E-state index in [2.05, 4.69) is 25.2 Å². The second-order valence-electron chi connectivity index (χ2n) is 5.22. The number of rotatable bonds is 6. The van der Waals surface area contributed by atoms with Crippen molar-refractivity contribution in [2.24, 2.45) is 0 Å². The fourth-order valence-corrected chi connectivity index (χ4v) is 2.33. The number of aryl methyl sites for hydroxylation is 1. The Labute approximate surface area is 116 Å². The lowest BCUT2D eigenvalue weighted by Gasteiger charge is -2.22. The molecule has 3 nitrogen and oxygen atoms in total. The van der Waals surface area contributed by atoms with Crippen LogP contribution in [-0.2, 0) is 4.74 Å². The number of piperidine rings is 1. The molecule has 1 fully saturated rings. The molecule has 1 aliphatic heterocycles. The van der Waals surface area contributed by atoms with Gasteiger partial charge in [0.25, 0.3) is 0 Å². The molecule has 1 heterocycles. The Balaban J connectivity index is 1.62. The summed E-state index contributed by atoms with van der Waals surface area (Å²) in [7, 11) is 0. The molecule has 2 rings (SSSR count). The smallest absolute Gasteiger partial charge is 0.122 e. The SMILES string of the molecule is Cc1cccc(OCCCOC2CCNCC2)c1C. The predicted molar refractivity (Wildman–Crippen MR) is 77.9 cm³/mol. The summed E-state index contributed by atoms with van der Waals surface area (Å²) < 4.78 is 11.7. The van der Waals surface area contributed by atoms with Crippen molar-refractivity contribution in [3.8, 4) is 5.75 Å². The largest absolute Gasteiger partial charge is 0.493 e. The van der Waals surface area contributed by atoms with E-state index < -0.39 is 0 Å². The molecule has 0 bridgehead atoms. The summed E-state index contributed by atoms with van der Waals surface area (Å²) in [5.41, 5.74) is 2.52. The fraction of sp³-hybridized carbons (Fsp3) is 0.625. The van der Waals surface area contributed by atoms with Crippen LogP contribution in [0, 0.1) is 13.8 Å². The van der Waals surface area contributed by atoms with E-state index in [-0.39, 0.29) is 0 Å². The Morgan fingerprint density at radius 3 is 2.74 bits per heavy atom. The highest BCUT2D eigenvalue weighted by Gasteiger charge is 2.12. The third kappa shape index (κ3) is 4.51. The number of hydrogen-bond donors (Lipinski definition) is 1. The van der Waals surface area contributed by atoms with Crippen molar-refractivity contribution in [2.45, 2.75) is 39.2 Å². The summed E-state index contributed by atoms with van der Waals surface area (Å²) >= 11 is 0. The summed E-state index contributed by atoms with van der Waals surface area (Å²) in [5.74, 6) is 1.00. The molecule has 3 heteroatoms. The van der Waals surface area contributed by atoms with E-state index >= 15 is 0 Å². The van der Waals surface area contributed by atoms with Gasteiger partial charge in [-0.25, -0.2) is 0 Å². The third-order valence-electron chi connectivity index (χ3n) is 3.74. The van der Waals surface area contributed by atoms with E-state index in [4.69, 9.17) is 9.47 Å². The molecule has 1 N–H and O–H groups in total. The molecular weight excluding hydrogens is 238 g/mol. The maximum absolute atomic E-state index is 5.85. The summed E-state index contributed by atoms with van der Waals surface area (Å²) in [4.78, 5) is 0. The quantitative estimate of drug-likeness (QED) is 0.801. The van der Waals surface area contributed by atoms with Crippen molar-refractivity contribution in [2.75, 3.05) is 26.3 Å². The first-order chi connectivity index (χ1) is 9.27. The zero-order chi connectivity index (χ0) is 13.5. The van der Waals surface area contributed by atoms with Crippen molar-refractivity contribution in [1.29, 1.82) is 0 Å². The van der Waals surface area contributed by atoms with Crippen LogP contribution in [0.5, 0.6) is 5.75 Å². The van der Waals surface area contributed by atoms with Crippen molar-refractivity contribution in [3.05, 3.63) is 29.3 Å². The Morgan fingerprint density at radius 2 is 1.95 bits per heavy atom. The van der Waals surface area contributed by atoms with Gasteiger partial charge < -0.3 is 14.8 Å². The molecule has 0 radical (unpaired) electrons. The fourth-order valence-electron chi connectivity index (χ4n) is 2.33. The van der Waals surface area contributed by atoms with Gasteiger partial charge in [-0.15, -0.1) is 0 Å². The topological polar surface area (TPSA) is 30.5 Å². The molecule has 0 atom stereocenters. The second kappa shape index (κ2) is 7.51. The summed E-state index contributed by atoms with van der Waals surface area (Å²) in [6.45, 7) is 7.93. The van der Waals surface area contributed by atoms with Crippen LogP contribution in [0.2, 0.25) is 0 Å². The zero-order valence-corrected chi connectivity index (χ0v) is 12.1. The molecule has 0 saturated carbocycles. The van der Waals surface area contributed by atoms with Gasteiger partial charge in [0.2, 0.25) is 0 Å². The average molecular weight is 263 g/mol. The van der Waals surface area contributed by atoms with E-state index in [9.17, 15) is 0 Å². The van der Waals surface area contributed by atoms with E-state index in [0.717, 1.165) is 51.3 Å². The normalized spacial score (nSPS) is 16.5. The lowest BCUT2D eigenvalue weighted by Crippen LogP contribution is -2.32. The number of nitrogens with one attached hydrogen (secondary N) is 1. The minimum atomic E-state index is 0.446. The average Bonchev–Trinajstić information content (AvgIpc) is 2.44. The van der Waals surface area contributed by atoms with Gasteiger partial charge in [-0.2, -0.15) is 0 Å². The zero-order valence-electron chi connectivity index (χ0n) is 12.1. The summed E-state index contributed by atoms with van der Waals surface area (Å²) in [5, 5.41) is 3.34. The van der Waals surface area contributed by atoms with Crippen LogP contribution < -0.4 is 10.1 Å². The monoisotopic (exact) mass is 263 g/mol. The van der Waals surface area contributed by atoms with Gasteiger partial charge in [-0.1, -0.05) is 12.1 Å². The summed E-state index contributed by atoms with van der Waals surface area (Å²) in [6, 6.07) is 6.20. The Hall–Kier alpha value is -1.06. The van der Waals surface area contributed by atoms with Gasteiger partial charge in [0.1, 0.15) is 5.75 Å². The molecule has 0 aliphatic carbocycles. The van der Waals surface area contributed by atoms with Gasteiger partial charge in [-0.3, -0.25) is 0 Å². The standard InChI is InChI=1S/C16H25NO2/c1-13-5-3-6-16(14(13)2)19-12-4-11-18-15-7-9-17-10-8-15/h3,5-6,15,17H,4,7-12H2,1-2H3. The number of benzene rings is 1. The molecule has 1 aromatic carbocycles. The predicted octanol–water partition coefficient (Wildman–Crippen LogP) is 2.84. The van der Waals surface area contributed by atoms with E-state index in [1.54, 1.807) is 0 Å². The van der Waals surface area contributed by atoms with Crippen LogP contribution in [0.4, 0.5) is 0 Å². The van der Waals surface area contributed by atoms with Crippen molar-refractivity contribution in [3.63, 3.8) is 0 Å². The molecule has 1 aliphatic rings. The lowest BCUT2D eigenvalue weighted by atomic mass is 10.1. The highest BCUT2D eigenvalue weighted by atomic mass is 16.5. The first-order valence-corrected chi connectivity index (χ1v) is 7.28. The minimum absolute atomic E-state index is 0.446. The third-order valence-corrected chi connectivity index (χ3v) is 3.74. The molecule has 1 saturated heterocycles. The highest BCUT2D eigenvalue weighted by Crippen LogP contribution is 2.20. The molecule has 0 spiro atoms. The van der Waals surface area contributed by atoms with Crippen molar-refractivity contribution < 1.29 is 9.47 Å². The maximum atomic E-state index is 5.85. The molecule has 1 aromatic rings. The van der Waals surface area contributed by atoms with Gasteiger partial charge in [0.05, 0.1) is 19.3 Å². The van der Waals surface area contributed by atoms with E-state index in [1.165, 1.54) is 11.1 Å². The van der Waals surface area contributed by atoms with Crippen LogP contribution in [0.25, 0.3) is 0 Å². The van der Waals surface area contributed by atoms with Gasteiger partial charge in [0.15, 0.2) is 0 Å². The van der Waals surface area contributed by atoms with Crippen molar-refractivity contribution >= 4 is 0 Å². The van der Waals surface area contributed by atoms with Gasteiger partial charge in [0, 0.05) is 6.42 Å². The van der Waals surface area contributed by atoms with Crippen LogP contribution in [-0.4, -0.2) is 32.4 Å². The van der Waals surface area contributed by atoms with Crippen LogP contribution >= 0.6 is 0 Å². The van der Waals surface area contributed by atoms with Crippen LogP contribution in [0.15, 0.2) is 18.2 Å². The second-order valence-corrected chi connectivity index (χ2v) is 5.22. The number of hydrogen-bond acceptors (Lipinski definition) is 3. The number of ether oxygens (including phenoxy) is 2. The van der Waals surface area contributed by atoms with E-state index in [1.807, 2.05) is 12.1 Å². The molecule has 106 valence electrons. The van der Waals surface area contributed by atoms with Gasteiger partial charge in [-0.05, 0) is 57.0 Å². The molecule has 0 aromatic heterocycles.